The summed E-state index contributed by atoms with van der Waals surface area (Å²) in [6.45, 7) is 13.9. The third-order valence-corrected chi connectivity index (χ3v) is 3.46. The first-order valence-corrected chi connectivity index (χ1v) is 8.74. The van der Waals surface area contributed by atoms with Crippen molar-refractivity contribution >= 4 is 5.96 Å². The first kappa shape index (κ1) is 19.5. The Hall–Kier alpha value is -1.59. The molecule has 0 aliphatic rings. The molecule has 1 aromatic rings. The Morgan fingerprint density at radius 1 is 1.26 bits per heavy atom. The Bertz CT molecular complexity index is 476. The molecule has 0 aliphatic heterocycles. The number of nitrogens with one attached hydrogen (secondary N) is 2. The van der Waals surface area contributed by atoms with E-state index in [0.29, 0.717) is 24.3 Å². The quantitative estimate of drug-likeness (QED) is 0.436. The molecule has 0 fully saturated rings. The van der Waals surface area contributed by atoms with Crippen molar-refractivity contribution in [2.45, 2.75) is 85.2 Å². The molecule has 0 radical (unpaired) electrons. The molecule has 0 amide bonds. The summed E-state index contributed by atoms with van der Waals surface area (Å²) in [6, 6.07) is 0.398. The van der Waals surface area contributed by atoms with Crippen molar-refractivity contribution in [1.29, 1.82) is 0 Å². The zero-order chi connectivity index (χ0) is 17.3. The SMILES string of the molecule is CCCCCC(C)NC(=NCc1noc(C(C)(C)C)n1)NCC. The number of rotatable bonds is 8. The van der Waals surface area contributed by atoms with E-state index in [9.17, 15) is 0 Å². The first-order valence-electron chi connectivity index (χ1n) is 8.74. The number of aromatic nitrogens is 2. The van der Waals surface area contributed by atoms with Crippen molar-refractivity contribution in [3.05, 3.63) is 11.7 Å². The summed E-state index contributed by atoms with van der Waals surface area (Å²) in [6.07, 6.45) is 4.91. The molecule has 0 saturated carbocycles. The summed E-state index contributed by atoms with van der Waals surface area (Å²) < 4.78 is 5.30. The lowest BCUT2D eigenvalue weighted by Crippen LogP contribution is -2.42. The van der Waals surface area contributed by atoms with Gasteiger partial charge in [0.15, 0.2) is 11.8 Å². The molecule has 23 heavy (non-hydrogen) atoms. The molecule has 1 aromatic heterocycles. The number of unbranched alkanes of at least 4 members (excludes halogenated alkanes) is 2. The standard InChI is InChI=1S/C17H33N5O/c1-7-9-10-11-13(3)20-16(18-8-2)19-12-14-21-15(23-22-14)17(4,5)6/h13H,7-12H2,1-6H3,(H2,18,19,20). The Labute approximate surface area is 140 Å². The van der Waals surface area contributed by atoms with Crippen molar-refractivity contribution in [3.8, 4) is 0 Å². The molecule has 6 heteroatoms. The van der Waals surface area contributed by atoms with E-state index in [-0.39, 0.29) is 5.41 Å². The fourth-order valence-corrected chi connectivity index (χ4v) is 2.10. The highest BCUT2D eigenvalue weighted by Crippen LogP contribution is 2.19. The average Bonchev–Trinajstić information content (AvgIpc) is 2.94. The van der Waals surface area contributed by atoms with Crippen molar-refractivity contribution in [3.63, 3.8) is 0 Å². The molecule has 0 spiro atoms. The van der Waals surface area contributed by atoms with E-state index < -0.39 is 0 Å². The molecule has 1 atom stereocenters. The maximum absolute atomic E-state index is 5.30. The molecule has 0 saturated heterocycles. The topological polar surface area (TPSA) is 75.3 Å². The third-order valence-electron chi connectivity index (χ3n) is 3.46. The predicted octanol–water partition coefficient (Wildman–Crippen LogP) is 3.39. The Kier molecular flexibility index (Phi) is 8.06. The molecule has 0 bridgehead atoms. The fourth-order valence-electron chi connectivity index (χ4n) is 2.10. The zero-order valence-corrected chi connectivity index (χ0v) is 15.6. The summed E-state index contributed by atoms with van der Waals surface area (Å²) in [5.74, 6) is 2.07. The van der Waals surface area contributed by atoms with Crippen LogP contribution in [0.3, 0.4) is 0 Å². The highest BCUT2D eigenvalue weighted by Gasteiger charge is 2.21. The second kappa shape index (κ2) is 9.53. The highest BCUT2D eigenvalue weighted by atomic mass is 16.5. The van der Waals surface area contributed by atoms with Gasteiger partial charge in [-0.1, -0.05) is 52.1 Å². The van der Waals surface area contributed by atoms with Crippen LogP contribution in [0.1, 0.15) is 78.9 Å². The normalized spacial score (nSPS) is 13.9. The minimum absolute atomic E-state index is 0.133. The van der Waals surface area contributed by atoms with Gasteiger partial charge in [-0.15, -0.1) is 0 Å². The van der Waals surface area contributed by atoms with Gasteiger partial charge in [-0.25, -0.2) is 4.99 Å². The second-order valence-corrected chi connectivity index (χ2v) is 7.00. The lowest BCUT2D eigenvalue weighted by Gasteiger charge is -2.17. The Morgan fingerprint density at radius 3 is 2.57 bits per heavy atom. The Balaban J connectivity index is 2.59. The molecule has 6 nitrogen and oxygen atoms in total. The van der Waals surface area contributed by atoms with Crippen LogP contribution in [0, 0.1) is 0 Å². The van der Waals surface area contributed by atoms with Gasteiger partial charge in [-0.3, -0.25) is 0 Å². The van der Waals surface area contributed by atoms with E-state index in [4.69, 9.17) is 4.52 Å². The molecule has 2 N–H and O–H groups in total. The number of aliphatic imine (C=N–C) groups is 1. The smallest absolute Gasteiger partial charge is 0.232 e. The molecule has 132 valence electrons. The monoisotopic (exact) mass is 323 g/mol. The Morgan fingerprint density at radius 2 is 2.00 bits per heavy atom. The average molecular weight is 323 g/mol. The highest BCUT2D eigenvalue weighted by molar-refractivity contribution is 5.79. The van der Waals surface area contributed by atoms with Crippen LogP contribution < -0.4 is 10.6 Å². The van der Waals surface area contributed by atoms with Crippen LogP contribution >= 0.6 is 0 Å². The van der Waals surface area contributed by atoms with E-state index in [1.54, 1.807) is 0 Å². The van der Waals surface area contributed by atoms with Gasteiger partial charge < -0.3 is 15.2 Å². The van der Waals surface area contributed by atoms with Gasteiger partial charge in [0.25, 0.3) is 0 Å². The lowest BCUT2D eigenvalue weighted by atomic mass is 9.97. The third kappa shape index (κ3) is 7.48. The number of guanidine groups is 1. The maximum Gasteiger partial charge on any atom is 0.232 e. The van der Waals surface area contributed by atoms with Gasteiger partial charge in [0.2, 0.25) is 5.89 Å². The molecule has 1 rings (SSSR count). The zero-order valence-electron chi connectivity index (χ0n) is 15.6. The summed E-state index contributed by atoms with van der Waals surface area (Å²) >= 11 is 0. The van der Waals surface area contributed by atoms with Crippen molar-refractivity contribution in [2.75, 3.05) is 6.54 Å². The summed E-state index contributed by atoms with van der Waals surface area (Å²) in [5.41, 5.74) is -0.133. The van der Waals surface area contributed by atoms with Crippen molar-refractivity contribution in [1.82, 2.24) is 20.8 Å². The van der Waals surface area contributed by atoms with Gasteiger partial charge >= 0.3 is 0 Å². The maximum atomic E-state index is 5.30. The summed E-state index contributed by atoms with van der Waals surface area (Å²) in [5, 5.41) is 10.7. The van der Waals surface area contributed by atoms with Gasteiger partial charge in [-0.2, -0.15) is 4.98 Å². The van der Waals surface area contributed by atoms with E-state index in [1.165, 1.54) is 19.3 Å². The number of nitrogens with zero attached hydrogens (tertiary/aromatic N) is 3. The van der Waals surface area contributed by atoms with Gasteiger partial charge in [-0.05, 0) is 20.3 Å². The van der Waals surface area contributed by atoms with Crippen molar-refractivity contribution < 1.29 is 4.52 Å². The van der Waals surface area contributed by atoms with Crippen LogP contribution in [0.4, 0.5) is 0 Å². The van der Waals surface area contributed by atoms with Gasteiger partial charge in [0.1, 0.15) is 6.54 Å². The fraction of sp³-hybridized carbons (Fsp3) is 0.824. The van der Waals surface area contributed by atoms with Crippen LogP contribution in [-0.2, 0) is 12.0 Å². The van der Waals surface area contributed by atoms with Crippen LogP contribution in [-0.4, -0.2) is 28.7 Å². The number of hydrogen-bond acceptors (Lipinski definition) is 4. The first-order chi connectivity index (χ1) is 10.9. The number of hydrogen-bond donors (Lipinski definition) is 2. The summed E-state index contributed by atoms with van der Waals surface area (Å²) in [4.78, 5) is 8.97. The van der Waals surface area contributed by atoms with Gasteiger partial charge in [0, 0.05) is 18.0 Å². The second-order valence-electron chi connectivity index (χ2n) is 7.00. The lowest BCUT2D eigenvalue weighted by molar-refractivity contribution is 0.318. The van der Waals surface area contributed by atoms with Crippen LogP contribution in [0.15, 0.2) is 9.52 Å². The van der Waals surface area contributed by atoms with E-state index in [1.807, 2.05) is 0 Å². The molecular formula is C17H33N5O. The van der Waals surface area contributed by atoms with Crippen LogP contribution in [0.2, 0.25) is 0 Å². The molecular weight excluding hydrogens is 290 g/mol. The van der Waals surface area contributed by atoms with Gasteiger partial charge in [0.05, 0.1) is 0 Å². The molecule has 1 heterocycles. The largest absolute Gasteiger partial charge is 0.357 e. The minimum Gasteiger partial charge on any atom is -0.357 e. The molecule has 0 aromatic carbocycles. The minimum atomic E-state index is -0.133. The van der Waals surface area contributed by atoms with E-state index in [2.05, 4.69) is 67.3 Å². The predicted molar refractivity (Wildman–Crippen MR) is 94.6 cm³/mol. The molecule has 0 aliphatic carbocycles. The van der Waals surface area contributed by atoms with E-state index in [0.717, 1.165) is 18.9 Å². The van der Waals surface area contributed by atoms with Crippen LogP contribution in [0.25, 0.3) is 0 Å². The van der Waals surface area contributed by atoms with Crippen LogP contribution in [0.5, 0.6) is 0 Å². The van der Waals surface area contributed by atoms with Crippen molar-refractivity contribution in [2.24, 2.45) is 4.99 Å². The van der Waals surface area contributed by atoms with E-state index >= 15 is 0 Å². The summed E-state index contributed by atoms with van der Waals surface area (Å²) in [7, 11) is 0. The molecule has 1 unspecified atom stereocenters.